The van der Waals surface area contributed by atoms with Crippen molar-refractivity contribution in [2.24, 2.45) is 0 Å². The Labute approximate surface area is 170 Å². The van der Waals surface area contributed by atoms with Crippen LogP contribution in [0.1, 0.15) is 16.7 Å². The third-order valence-corrected chi connectivity index (χ3v) is 5.48. The number of hydrogen-bond donors (Lipinski definition) is 1. The Kier molecular flexibility index (Phi) is 5.17. The summed E-state index contributed by atoms with van der Waals surface area (Å²) in [6.07, 6.45) is -2.58. The number of hydrogen-bond acceptors (Lipinski definition) is 3. The van der Waals surface area contributed by atoms with Crippen molar-refractivity contribution in [3.05, 3.63) is 64.4 Å². The van der Waals surface area contributed by atoms with Crippen LogP contribution in [0.15, 0.2) is 47.1 Å². The molecule has 3 aromatic rings. The van der Waals surface area contributed by atoms with E-state index in [1.165, 1.54) is 0 Å². The molecule has 4 nitrogen and oxygen atoms in total. The number of fused-ring (bicyclic) bond motifs is 2. The lowest BCUT2D eigenvalue weighted by atomic mass is 10.0. The van der Waals surface area contributed by atoms with E-state index in [1.54, 1.807) is 12.3 Å². The van der Waals surface area contributed by atoms with Gasteiger partial charge < -0.3 is 14.6 Å². The molecule has 1 aliphatic heterocycles. The molecule has 0 spiro atoms. The van der Waals surface area contributed by atoms with Crippen molar-refractivity contribution in [2.45, 2.75) is 25.6 Å². The van der Waals surface area contributed by atoms with Crippen molar-refractivity contribution < 1.29 is 22.4 Å². The van der Waals surface area contributed by atoms with Gasteiger partial charge in [-0.05, 0) is 47.7 Å². The summed E-state index contributed by atoms with van der Waals surface area (Å²) in [6, 6.07) is 11.3. The third kappa shape index (κ3) is 4.05. The minimum absolute atomic E-state index is 0.00127. The summed E-state index contributed by atoms with van der Waals surface area (Å²) in [5, 5.41) is 4.82. The molecule has 0 radical (unpaired) electrons. The molecule has 2 aromatic carbocycles. The summed E-state index contributed by atoms with van der Waals surface area (Å²) in [5.74, 6) is -1.79. The number of benzene rings is 2. The van der Waals surface area contributed by atoms with Crippen molar-refractivity contribution in [1.82, 2.24) is 4.90 Å². The standard InChI is InChI=1S/C21H18ClF3N2O2/c22-17-4-3-14-5-8-27(20(28)21(23,24)25)9-6-16(14)19(17)26-12-13-1-2-15-7-10-29-18(15)11-13/h1-4,7,10-11,26H,5-6,8-9,12H2. The van der Waals surface area contributed by atoms with Crippen molar-refractivity contribution in [3.63, 3.8) is 0 Å². The number of carbonyl (C=O) groups excluding carboxylic acids is 1. The molecule has 8 heteroatoms. The fourth-order valence-corrected chi connectivity index (χ4v) is 3.91. The monoisotopic (exact) mass is 422 g/mol. The summed E-state index contributed by atoms with van der Waals surface area (Å²) in [6.45, 7) is 0.512. The quantitative estimate of drug-likeness (QED) is 0.632. The molecule has 29 heavy (non-hydrogen) atoms. The van der Waals surface area contributed by atoms with Crippen LogP contribution in [0, 0.1) is 0 Å². The Bertz CT molecular complexity index is 1060. The predicted molar refractivity (Wildman–Crippen MR) is 105 cm³/mol. The van der Waals surface area contributed by atoms with Crippen molar-refractivity contribution >= 4 is 34.2 Å². The Balaban J connectivity index is 1.54. The van der Waals surface area contributed by atoms with Crippen molar-refractivity contribution in [2.75, 3.05) is 18.4 Å². The first-order chi connectivity index (χ1) is 13.8. The van der Waals surface area contributed by atoms with E-state index in [2.05, 4.69) is 5.32 Å². The highest BCUT2D eigenvalue weighted by atomic mass is 35.5. The lowest BCUT2D eigenvalue weighted by Crippen LogP contribution is -2.42. The average molecular weight is 423 g/mol. The van der Waals surface area contributed by atoms with Gasteiger partial charge in [0, 0.05) is 25.0 Å². The molecule has 152 valence electrons. The molecule has 0 atom stereocenters. The van der Waals surface area contributed by atoms with E-state index in [4.69, 9.17) is 16.0 Å². The normalized spacial score (nSPS) is 14.6. The number of furan rings is 1. The van der Waals surface area contributed by atoms with E-state index in [0.29, 0.717) is 30.1 Å². The van der Waals surface area contributed by atoms with Crippen LogP contribution in [0.5, 0.6) is 0 Å². The minimum Gasteiger partial charge on any atom is -0.464 e. The van der Waals surface area contributed by atoms with E-state index in [9.17, 15) is 18.0 Å². The van der Waals surface area contributed by atoms with E-state index in [1.807, 2.05) is 30.3 Å². The lowest BCUT2D eigenvalue weighted by Gasteiger charge is -2.21. The fourth-order valence-electron chi connectivity index (χ4n) is 3.67. The molecule has 1 aliphatic rings. The molecular weight excluding hydrogens is 405 g/mol. The van der Waals surface area contributed by atoms with Crippen LogP contribution in [-0.4, -0.2) is 30.1 Å². The number of carbonyl (C=O) groups is 1. The zero-order valence-electron chi connectivity index (χ0n) is 15.4. The Morgan fingerprint density at radius 3 is 2.72 bits per heavy atom. The van der Waals surface area contributed by atoms with Gasteiger partial charge in [-0.1, -0.05) is 29.8 Å². The first-order valence-electron chi connectivity index (χ1n) is 9.19. The number of nitrogens with zero attached hydrogens (tertiary/aromatic N) is 1. The van der Waals surface area contributed by atoms with E-state index >= 15 is 0 Å². The van der Waals surface area contributed by atoms with Gasteiger partial charge in [0.25, 0.3) is 0 Å². The highest BCUT2D eigenvalue weighted by Crippen LogP contribution is 2.33. The second-order valence-corrected chi connectivity index (χ2v) is 7.40. The molecule has 1 aromatic heterocycles. The second kappa shape index (κ2) is 7.63. The van der Waals surface area contributed by atoms with Crippen molar-refractivity contribution in [3.8, 4) is 0 Å². The van der Waals surface area contributed by atoms with Crippen LogP contribution in [0.2, 0.25) is 5.02 Å². The molecule has 0 aliphatic carbocycles. The number of alkyl halides is 3. The minimum atomic E-state index is -4.86. The second-order valence-electron chi connectivity index (χ2n) is 7.00. The van der Waals surface area contributed by atoms with Crippen LogP contribution in [-0.2, 0) is 24.2 Å². The predicted octanol–water partition coefficient (Wildman–Crippen LogP) is 5.19. The van der Waals surface area contributed by atoms with Gasteiger partial charge in [0.05, 0.1) is 17.0 Å². The van der Waals surface area contributed by atoms with Gasteiger partial charge in [-0.3, -0.25) is 4.79 Å². The van der Waals surface area contributed by atoms with E-state index in [0.717, 1.165) is 32.6 Å². The van der Waals surface area contributed by atoms with Crippen molar-refractivity contribution in [1.29, 1.82) is 0 Å². The smallest absolute Gasteiger partial charge is 0.464 e. The summed E-state index contributed by atoms with van der Waals surface area (Å²) in [5.41, 5.74) is 4.22. The van der Waals surface area contributed by atoms with Gasteiger partial charge >= 0.3 is 12.1 Å². The number of halogens is 4. The van der Waals surface area contributed by atoms with Gasteiger partial charge in [0.1, 0.15) is 5.58 Å². The van der Waals surface area contributed by atoms with Crippen LogP contribution in [0.3, 0.4) is 0 Å². The maximum atomic E-state index is 12.8. The summed E-state index contributed by atoms with van der Waals surface area (Å²) in [7, 11) is 0. The maximum absolute atomic E-state index is 12.8. The lowest BCUT2D eigenvalue weighted by molar-refractivity contribution is -0.185. The molecule has 4 rings (SSSR count). The molecule has 0 fully saturated rings. The highest BCUT2D eigenvalue weighted by Gasteiger charge is 2.42. The number of anilines is 1. The van der Waals surface area contributed by atoms with E-state index in [-0.39, 0.29) is 13.1 Å². The van der Waals surface area contributed by atoms with Gasteiger partial charge in [-0.15, -0.1) is 0 Å². The molecule has 0 bridgehead atoms. The summed E-state index contributed by atoms with van der Waals surface area (Å²) < 4.78 is 43.8. The van der Waals surface area contributed by atoms with Crippen LogP contribution in [0.25, 0.3) is 11.0 Å². The Morgan fingerprint density at radius 2 is 1.93 bits per heavy atom. The Morgan fingerprint density at radius 1 is 1.14 bits per heavy atom. The number of nitrogens with one attached hydrogen (secondary N) is 1. The fraction of sp³-hybridized carbons (Fsp3) is 0.286. The maximum Gasteiger partial charge on any atom is 0.471 e. The molecule has 2 heterocycles. The molecule has 0 unspecified atom stereocenters. The molecule has 1 N–H and O–H groups in total. The van der Waals surface area contributed by atoms with Crippen LogP contribution in [0.4, 0.5) is 18.9 Å². The van der Waals surface area contributed by atoms with Crippen LogP contribution >= 0.6 is 11.6 Å². The number of rotatable bonds is 3. The molecule has 0 saturated heterocycles. The van der Waals surface area contributed by atoms with Crippen LogP contribution < -0.4 is 5.32 Å². The van der Waals surface area contributed by atoms with Gasteiger partial charge in [0.2, 0.25) is 0 Å². The SMILES string of the molecule is O=C(N1CCc2ccc(Cl)c(NCc3ccc4ccoc4c3)c2CC1)C(F)(F)F. The van der Waals surface area contributed by atoms with Gasteiger partial charge in [-0.25, -0.2) is 0 Å². The van der Waals surface area contributed by atoms with E-state index < -0.39 is 12.1 Å². The zero-order valence-corrected chi connectivity index (χ0v) is 16.1. The average Bonchev–Trinajstić information content (AvgIpc) is 3.04. The molecular formula is C21H18ClF3N2O2. The first kappa shape index (κ1) is 19.6. The Hall–Kier alpha value is -2.67. The third-order valence-electron chi connectivity index (χ3n) is 5.16. The number of amides is 1. The summed E-state index contributed by atoms with van der Waals surface area (Å²) >= 11 is 6.39. The van der Waals surface area contributed by atoms with Gasteiger partial charge in [0.15, 0.2) is 0 Å². The summed E-state index contributed by atoms with van der Waals surface area (Å²) in [4.78, 5) is 12.5. The first-order valence-corrected chi connectivity index (χ1v) is 9.57. The highest BCUT2D eigenvalue weighted by molar-refractivity contribution is 6.33. The molecule has 1 amide bonds. The zero-order chi connectivity index (χ0) is 20.6. The topological polar surface area (TPSA) is 45.5 Å². The molecule has 0 saturated carbocycles. The van der Waals surface area contributed by atoms with Gasteiger partial charge in [-0.2, -0.15) is 13.2 Å². The largest absolute Gasteiger partial charge is 0.471 e.